The monoisotopic (exact) mass is 289 g/mol. The molecule has 0 aliphatic carbocycles. The quantitative estimate of drug-likeness (QED) is 0.878. The Morgan fingerprint density at radius 1 is 1.57 bits per heavy atom. The molecule has 1 saturated heterocycles. The van der Waals surface area contributed by atoms with Gasteiger partial charge < -0.3 is 15.4 Å². The van der Waals surface area contributed by atoms with Gasteiger partial charge in [-0.25, -0.2) is 0 Å². The van der Waals surface area contributed by atoms with E-state index in [-0.39, 0.29) is 5.91 Å². The number of aromatic nitrogens is 1. The van der Waals surface area contributed by atoms with E-state index in [1.165, 1.54) is 16.7 Å². The van der Waals surface area contributed by atoms with Crippen LogP contribution < -0.4 is 10.6 Å². The predicted octanol–water partition coefficient (Wildman–Crippen LogP) is 1.22. The van der Waals surface area contributed by atoms with Gasteiger partial charge in [0.25, 0.3) is 5.91 Å². The lowest BCUT2D eigenvalue weighted by Crippen LogP contribution is -2.44. The summed E-state index contributed by atoms with van der Waals surface area (Å²) >= 11 is 0. The molecule has 0 aromatic carbocycles. The maximum atomic E-state index is 12.4. The SMILES string of the molecule is Cc1ncc2c(c1CNC(=O)C1(C)CCCO1)CCNC2. The van der Waals surface area contributed by atoms with Crippen LogP contribution in [0.3, 0.4) is 0 Å². The Labute approximate surface area is 125 Å². The van der Waals surface area contributed by atoms with Crippen LogP contribution in [0.5, 0.6) is 0 Å². The van der Waals surface area contributed by atoms with Crippen LogP contribution in [0.4, 0.5) is 0 Å². The highest BCUT2D eigenvalue weighted by atomic mass is 16.5. The van der Waals surface area contributed by atoms with Crippen LogP contribution in [0.15, 0.2) is 6.20 Å². The lowest BCUT2D eigenvalue weighted by atomic mass is 9.95. The summed E-state index contributed by atoms with van der Waals surface area (Å²) in [6.07, 6.45) is 4.70. The van der Waals surface area contributed by atoms with Gasteiger partial charge in [-0.2, -0.15) is 0 Å². The first-order chi connectivity index (χ1) is 10.1. The van der Waals surface area contributed by atoms with Crippen molar-refractivity contribution in [2.75, 3.05) is 13.2 Å². The standard InChI is InChI=1S/C16H23N3O2/c1-11-14(13-4-6-17-8-12(13)9-18-11)10-19-15(20)16(2)5-3-7-21-16/h9,17H,3-8,10H2,1-2H3,(H,19,20). The van der Waals surface area contributed by atoms with E-state index in [2.05, 4.69) is 15.6 Å². The summed E-state index contributed by atoms with van der Waals surface area (Å²) in [5, 5.41) is 6.40. The van der Waals surface area contributed by atoms with Gasteiger partial charge >= 0.3 is 0 Å². The van der Waals surface area contributed by atoms with Crippen LogP contribution in [0.1, 0.15) is 42.1 Å². The van der Waals surface area contributed by atoms with Gasteiger partial charge in [0.2, 0.25) is 0 Å². The Morgan fingerprint density at radius 3 is 3.19 bits per heavy atom. The van der Waals surface area contributed by atoms with E-state index in [0.717, 1.165) is 38.0 Å². The number of hydrogen-bond donors (Lipinski definition) is 2. The second kappa shape index (κ2) is 5.73. The minimum Gasteiger partial charge on any atom is -0.365 e. The number of aryl methyl sites for hydroxylation is 1. The number of carbonyl (C=O) groups is 1. The average molecular weight is 289 g/mol. The van der Waals surface area contributed by atoms with E-state index >= 15 is 0 Å². The molecule has 1 aromatic rings. The van der Waals surface area contributed by atoms with Crippen LogP contribution in [0.2, 0.25) is 0 Å². The van der Waals surface area contributed by atoms with Crippen molar-refractivity contribution in [1.82, 2.24) is 15.6 Å². The first kappa shape index (κ1) is 14.5. The molecular formula is C16H23N3O2. The molecule has 0 radical (unpaired) electrons. The van der Waals surface area contributed by atoms with Crippen LogP contribution in [0, 0.1) is 6.92 Å². The summed E-state index contributed by atoms with van der Waals surface area (Å²) in [5.74, 6) is -0.00839. The van der Waals surface area contributed by atoms with Crippen molar-refractivity contribution in [3.05, 3.63) is 28.6 Å². The molecule has 1 fully saturated rings. The Balaban J connectivity index is 1.74. The second-order valence-electron chi connectivity index (χ2n) is 6.12. The highest BCUT2D eigenvalue weighted by Gasteiger charge is 2.37. The van der Waals surface area contributed by atoms with Gasteiger partial charge in [0.1, 0.15) is 5.60 Å². The molecule has 2 aliphatic rings. The molecule has 3 rings (SSSR count). The fraction of sp³-hybridized carbons (Fsp3) is 0.625. The highest BCUT2D eigenvalue weighted by molar-refractivity contribution is 5.85. The lowest BCUT2D eigenvalue weighted by Gasteiger charge is -2.24. The van der Waals surface area contributed by atoms with E-state index < -0.39 is 5.60 Å². The predicted molar refractivity (Wildman–Crippen MR) is 79.8 cm³/mol. The molecule has 1 amide bonds. The number of fused-ring (bicyclic) bond motifs is 1. The number of carbonyl (C=O) groups excluding carboxylic acids is 1. The van der Waals surface area contributed by atoms with E-state index in [0.29, 0.717) is 13.2 Å². The summed E-state index contributed by atoms with van der Waals surface area (Å²) in [5.41, 5.74) is 4.12. The maximum absolute atomic E-state index is 12.4. The molecule has 0 bridgehead atoms. The number of pyridine rings is 1. The Kier molecular flexibility index (Phi) is 3.95. The Bertz CT molecular complexity index is 551. The van der Waals surface area contributed by atoms with Gasteiger partial charge in [-0.3, -0.25) is 9.78 Å². The van der Waals surface area contributed by atoms with Gasteiger partial charge in [-0.15, -0.1) is 0 Å². The fourth-order valence-corrected chi connectivity index (χ4v) is 3.19. The van der Waals surface area contributed by atoms with E-state index in [1.54, 1.807) is 0 Å². The summed E-state index contributed by atoms with van der Waals surface area (Å²) in [4.78, 5) is 16.8. The van der Waals surface area contributed by atoms with Gasteiger partial charge in [0, 0.05) is 31.6 Å². The van der Waals surface area contributed by atoms with Crippen molar-refractivity contribution < 1.29 is 9.53 Å². The topological polar surface area (TPSA) is 63.2 Å². The molecule has 5 heteroatoms. The second-order valence-corrected chi connectivity index (χ2v) is 6.12. The van der Waals surface area contributed by atoms with Crippen molar-refractivity contribution in [2.45, 2.75) is 51.8 Å². The molecule has 1 aromatic heterocycles. The molecule has 0 spiro atoms. The summed E-state index contributed by atoms with van der Waals surface area (Å²) in [6, 6.07) is 0. The number of ether oxygens (including phenoxy) is 1. The van der Waals surface area contributed by atoms with Crippen LogP contribution in [-0.4, -0.2) is 29.6 Å². The first-order valence-electron chi connectivity index (χ1n) is 7.69. The van der Waals surface area contributed by atoms with Crippen LogP contribution in [0.25, 0.3) is 0 Å². The lowest BCUT2D eigenvalue weighted by molar-refractivity contribution is -0.139. The number of nitrogens with zero attached hydrogens (tertiary/aromatic N) is 1. The largest absolute Gasteiger partial charge is 0.365 e. The number of nitrogens with one attached hydrogen (secondary N) is 2. The molecule has 1 atom stereocenters. The van der Waals surface area contributed by atoms with Crippen molar-refractivity contribution in [3.8, 4) is 0 Å². The van der Waals surface area contributed by atoms with E-state index in [1.807, 2.05) is 20.0 Å². The van der Waals surface area contributed by atoms with Crippen LogP contribution >= 0.6 is 0 Å². The Morgan fingerprint density at radius 2 is 2.43 bits per heavy atom. The average Bonchev–Trinajstić information content (AvgIpc) is 2.94. The molecule has 114 valence electrons. The zero-order valence-electron chi connectivity index (χ0n) is 12.8. The maximum Gasteiger partial charge on any atom is 0.252 e. The molecule has 3 heterocycles. The van der Waals surface area contributed by atoms with Gasteiger partial charge in [0.05, 0.1) is 0 Å². The molecule has 21 heavy (non-hydrogen) atoms. The molecular weight excluding hydrogens is 266 g/mol. The molecule has 0 saturated carbocycles. The molecule has 5 nitrogen and oxygen atoms in total. The van der Waals surface area contributed by atoms with Crippen molar-refractivity contribution in [2.24, 2.45) is 0 Å². The van der Waals surface area contributed by atoms with Gasteiger partial charge in [-0.05, 0) is 56.3 Å². The summed E-state index contributed by atoms with van der Waals surface area (Å²) in [6.45, 7) is 6.96. The van der Waals surface area contributed by atoms with Crippen LogP contribution in [-0.2, 0) is 29.0 Å². The molecule has 1 unspecified atom stereocenters. The third-order valence-electron chi connectivity index (χ3n) is 4.59. The van der Waals surface area contributed by atoms with Crippen molar-refractivity contribution in [1.29, 1.82) is 0 Å². The van der Waals surface area contributed by atoms with Crippen molar-refractivity contribution in [3.63, 3.8) is 0 Å². The fourth-order valence-electron chi connectivity index (χ4n) is 3.19. The number of hydrogen-bond acceptors (Lipinski definition) is 4. The summed E-state index contributed by atoms with van der Waals surface area (Å²) in [7, 11) is 0. The Hall–Kier alpha value is -1.46. The zero-order chi connectivity index (χ0) is 14.9. The smallest absolute Gasteiger partial charge is 0.252 e. The molecule has 2 aliphatic heterocycles. The minimum absolute atomic E-state index is 0.00839. The van der Waals surface area contributed by atoms with Crippen molar-refractivity contribution >= 4 is 5.91 Å². The number of amides is 1. The minimum atomic E-state index is -0.655. The van der Waals surface area contributed by atoms with E-state index in [4.69, 9.17) is 4.74 Å². The first-order valence-corrected chi connectivity index (χ1v) is 7.69. The normalized spacial score (nSPS) is 24.7. The highest BCUT2D eigenvalue weighted by Crippen LogP contribution is 2.26. The van der Waals surface area contributed by atoms with Gasteiger partial charge in [-0.1, -0.05) is 0 Å². The molecule has 2 N–H and O–H groups in total. The third kappa shape index (κ3) is 2.80. The third-order valence-corrected chi connectivity index (χ3v) is 4.59. The zero-order valence-corrected chi connectivity index (χ0v) is 12.8. The van der Waals surface area contributed by atoms with Gasteiger partial charge in [0.15, 0.2) is 0 Å². The summed E-state index contributed by atoms with van der Waals surface area (Å²) < 4.78 is 5.60. The van der Waals surface area contributed by atoms with E-state index in [9.17, 15) is 4.79 Å². The number of rotatable bonds is 3.